The Morgan fingerprint density at radius 3 is 2.95 bits per heavy atom. The standard InChI is InChI=1S/C15H26N2OS/c1-4-7-16-14(12-6-5-8-18-9-12)15-17-13(10-19-15)11(2)3/h10-12,14,16H,4-9H2,1-3H3. The van der Waals surface area contributed by atoms with Gasteiger partial charge in [-0.1, -0.05) is 20.8 Å². The van der Waals surface area contributed by atoms with Gasteiger partial charge in [-0.05, 0) is 31.7 Å². The average Bonchev–Trinajstić information content (AvgIpc) is 2.90. The van der Waals surface area contributed by atoms with Crippen LogP contribution < -0.4 is 5.32 Å². The van der Waals surface area contributed by atoms with Crippen LogP contribution >= 0.6 is 11.3 Å². The number of thiazole rings is 1. The van der Waals surface area contributed by atoms with E-state index in [1.807, 2.05) is 0 Å². The summed E-state index contributed by atoms with van der Waals surface area (Å²) in [5.41, 5.74) is 1.22. The summed E-state index contributed by atoms with van der Waals surface area (Å²) in [4.78, 5) is 4.84. The number of ether oxygens (including phenoxy) is 1. The van der Waals surface area contributed by atoms with E-state index in [0.29, 0.717) is 17.9 Å². The number of rotatable bonds is 6. The molecule has 0 aromatic carbocycles. The van der Waals surface area contributed by atoms with Gasteiger partial charge in [0, 0.05) is 17.9 Å². The molecule has 2 atom stereocenters. The molecular weight excluding hydrogens is 256 g/mol. The van der Waals surface area contributed by atoms with Crippen molar-refractivity contribution in [2.24, 2.45) is 5.92 Å². The lowest BCUT2D eigenvalue weighted by Gasteiger charge is -2.29. The molecule has 1 N–H and O–H groups in total. The minimum Gasteiger partial charge on any atom is -0.381 e. The van der Waals surface area contributed by atoms with E-state index < -0.39 is 0 Å². The molecule has 2 heterocycles. The van der Waals surface area contributed by atoms with Crippen molar-refractivity contribution >= 4 is 11.3 Å². The van der Waals surface area contributed by atoms with Gasteiger partial charge in [-0.3, -0.25) is 0 Å². The smallest absolute Gasteiger partial charge is 0.110 e. The lowest BCUT2D eigenvalue weighted by Crippen LogP contribution is -2.33. The summed E-state index contributed by atoms with van der Waals surface area (Å²) in [5.74, 6) is 1.09. The fourth-order valence-corrected chi connectivity index (χ4v) is 3.64. The molecule has 0 radical (unpaired) electrons. The minimum absolute atomic E-state index is 0.373. The van der Waals surface area contributed by atoms with Gasteiger partial charge in [-0.15, -0.1) is 11.3 Å². The van der Waals surface area contributed by atoms with E-state index in [4.69, 9.17) is 9.72 Å². The molecule has 1 aliphatic rings. The number of nitrogens with one attached hydrogen (secondary N) is 1. The third-order valence-electron chi connectivity index (χ3n) is 3.68. The first-order valence-corrected chi connectivity index (χ1v) is 8.36. The van der Waals surface area contributed by atoms with Crippen LogP contribution in [-0.4, -0.2) is 24.7 Å². The molecule has 1 aliphatic heterocycles. The zero-order chi connectivity index (χ0) is 13.7. The monoisotopic (exact) mass is 282 g/mol. The summed E-state index contributed by atoms with van der Waals surface area (Å²) < 4.78 is 5.66. The maximum Gasteiger partial charge on any atom is 0.110 e. The van der Waals surface area contributed by atoms with Crippen molar-refractivity contribution in [2.45, 2.75) is 52.0 Å². The van der Waals surface area contributed by atoms with Gasteiger partial charge < -0.3 is 10.1 Å². The van der Waals surface area contributed by atoms with Crippen LogP contribution in [0.3, 0.4) is 0 Å². The van der Waals surface area contributed by atoms with E-state index in [1.165, 1.54) is 23.5 Å². The third kappa shape index (κ3) is 4.01. The van der Waals surface area contributed by atoms with Crippen molar-refractivity contribution in [2.75, 3.05) is 19.8 Å². The number of hydrogen-bond acceptors (Lipinski definition) is 4. The Morgan fingerprint density at radius 2 is 2.37 bits per heavy atom. The SMILES string of the molecule is CCCNC(c1nc(C(C)C)cs1)C1CCCOC1. The Morgan fingerprint density at radius 1 is 1.53 bits per heavy atom. The highest BCUT2D eigenvalue weighted by atomic mass is 32.1. The van der Waals surface area contributed by atoms with Crippen molar-refractivity contribution in [3.8, 4) is 0 Å². The molecule has 19 heavy (non-hydrogen) atoms. The molecule has 1 aromatic rings. The van der Waals surface area contributed by atoms with Gasteiger partial charge in [0.1, 0.15) is 5.01 Å². The van der Waals surface area contributed by atoms with E-state index in [1.54, 1.807) is 11.3 Å². The average molecular weight is 282 g/mol. The number of nitrogens with zero attached hydrogens (tertiary/aromatic N) is 1. The van der Waals surface area contributed by atoms with E-state index >= 15 is 0 Å². The molecule has 0 spiro atoms. The third-order valence-corrected chi connectivity index (χ3v) is 4.62. The van der Waals surface area contributed by atoms with E-state index in [-0.39, 0.29) is 0 Å². The summed E-state index contributed by atoms with van der Waals surface area (Å²) in [7, 11) is 0. The van der Waals surface area contributed by atoms with Gasteiger partial charge in [0.05, 0.1) is 18.3 Å². The van der Waals surface area contributed by atoms with Gasteiger partial charge in [0.2, 0.25) is 0 Å². The molecular formula is C15H26N2OS. The Kier molecular flexibility index (Phi) is 5.79. The van der Waals surface area contributed by atoms with E-state index in [9.17, 15) is 0 Å². The lowest BCUT2D eigenvalue weighted by molar-refractivity contribution is 0.0390. The molecule has 1 fully saturated rings. The zero-order valence-corrected chi connectivity index (χ0v) is 13.1. The molecule has 108 valence electrons. The number of hydrogen-bond donors (Lipinski definition) is 1. The zero-order valence-electron chi connectivity index (χ0n) is 12.3. The number of aromatic nitrogens is 1. The van der Waals surface area contributed by atoms with Gasteiger partial charge in [0.15, 0.2) is 0 Å². The molecule has 4 heteroatoms. The summed E-state index contributed by atoms with van der Waals surface area (Å²) in [5, 5.41) is 7.13. The van der Waals surface area contributed by atoms with Crippen molar-refractivity contribution in [1.82, 2.24) is 10.3 Å². The van der Waals surface area contributed by atoms with Gasteiger partial charge in [0.25, 0.3) is 0 Å². The van der Waals surface area contributed by atoms with Gasteiger partial charge in [-0.2, -0.15) is 0 Å². The van der Waals surface area contributed by atoms with Crippen LogP contribution in [0.5, 0.6) is 0 Å². The van der Waals surface area contributed by atoms with Crippen LogP contribution in [0.2, 0.25) is 0 Å². The molecule has 2 rings (SSSR count). The molecule has 0 aliphatic carbocycles. The lowest BCUT2D eigenvalue weighted by atomic mass is 9.94. The highest BCUT2D eigenvalue weighted by molar-refractivity contribution is 7.09. The molecule has 0 saturated carbocycles. The Hall–Kier alpha value is -0.450. The highest BCUT2D eigenvalue weighted by Crippen LogP contribution is 2.32. The van der Waals surface area contributed by atoms with Gasteiger partial charge in [-0.25, -0.2) is 4.98 Å². The van der Waals surface area contributed by atoms with Crippen LogP contribution in [0.15, 0.2) is 5.38 Å². The first kappa shape index (κ1) is 14.9. The Balaban J connectivity index is 2.10. The summed E-state index contributed by atoms with van der Waals surface area (Å²) in [6, 6.07) is 0.373. The molecule has 2 unspecified atom stereocenters. The topological polar surface area (TPSA) is 34.2 Å². The van der Waals surface area contributed by atoms with E-state index in [2.05, 4.69) is 31.5 Å². The van der Waals surface area contributed by atoms with Crippen LogP contribution in [0.1, 0.15) is 62.7 Å². The fourth-order valence-electron chi connectivity index (χ4n) is 2.49. The van der Waals surface area contributed by atoms with Crippen LogP contribution in [0.4, 0.5) is 0 Å². The summed E-state index contributed by atoms with van der Waals surface area (Å²) >= 11 is 1.80. The Labute approximate surface area is 120 Å². The van der Waals surface area contributed by atoms with Gasteiger partial charge >= 0.3 is 0 Å². The fraction of sp³-hybridized carbons (Fsp3) is 0.800. The van der Waals surface area contributed by atoms with Crippen LogP contribution in [0, 0.1) is 5.92 Å². The normalized spacial score (nSPS) is 21.8. The maximum atomic E-state index is 5.66. The second kappa shape index (κ2) is 7.36. The summed E-state index contributed by atoms with van der Waals surface area (Å²) in [6.07, 6.45) is 3.59. The molecule has 1 saturated heterocycles. The quantitative estimate of drug-likeness (QED) is 0.863. The van der Waals surface area contributed by atoms with Crippen LogP contribution in [0.25, 0.3) is 0 Å². The van der Waals surface area contributed by atoms with Crippen molar-refractivity contribution in [1.29, 1.82) is 0 Å². The first-order valence-electron chi connectivity index (χ1n) is 7.48. The maximum absolute atomic E-state index is 5.66. The van der Waals surface area contributed by atoms with Crippen molar-refractivity contribution in [3.05, 3.63) is 16.1 Å². The van der Waals surface area contributed by atoms with Crippen molar-refractivity contribution < 1.29 is 4.74 Å². The molecule has 0 bridgehead atoms. The van der Waals surface area contributed by atoms with E-state index in [0.717, 1.165) is 26.2 Å². The predicted octanol–water partition coefficient (Wildman–Crippen LogP) is 3.73. The minimum atomic E-state index is 0.373. The van der Waals surface area contributed by atoms with Crippen LogP contribution in [-0.2, 0) is 4.74 Å². The second-order valence-electron chi connectivity index (χ2n) is 5.67. The first-order chi connectivity index (χ1) is 9.22. The second-order valence-corrected chi connectivity index (χ2v) is 6.56. The predicted molar refractivity (Wildman–Crippen MR) is 80.8 cm³/mol. The molecule has 3 nitrogen and oxygen atoms in total. The largest absolute Gasteiger partial charge is 0.381 e. The van der Waals surface area contributed by atoms with Crippen molar-refractivity contribution in [3.63, 3.8) is 0 Å². The molecule has 0 amide bonds. The molecule has 1 aromatic heterocycles. The summed E-state index contributed by atoms with van der Waals surface area (Å²) in [6.45, 7) is 9.47. The Bertz CT molecular complexity index is 372. The highest BCUT2D eigenvalue weighted by Gasteiger charge is 2.27.